The fourth-order valence-electron chi connectivity index (χ4n) is 1.98. The summed E-state index contributed by atoms with van der Waals surface area (Å²) >= 11 is 0. The monoisotopic (exact) mass is 286 g/mol. The summed E-state index contributed by atoms with van der Waals surface area (Å²) < 4.78 is 4.70. The van der Waals surface area contributed by atoms with Crippen molar-refractivity contribution in [1.29, 1.82) is 0 Å². The molecule has 1 saturated heterocycles. The molecule has 0 bridgehead atoms. The molecule has 0 aromatic heterocycles. The molecule has 0 aromatic rings. The summed E-state index contributed by atoms with van der Waals surface area (Å²) in [6, 6.07) is -2.31. The van der Waals surface area contributed by atoms with Crippen molar-refractivity contribution >= 4 is 17.8 Å². The van der Waals surface area contributed by atoms with Gasteiger partial charge < -0.3 is 25.6 Å². The van der Waals surface area contributed by atoms with E-state index in [4.69, 9.17) is 15.6 Å². The number of carbonyl (C=O) groups excluding carboxylic acids is 2. The number of nitrogens with zero attached hydrogens (tertiary/aromatic N) is 1. The molecule has 1 heterocycles. The van der Waals surface area contributed by atoms with Crippen LogP contribution in [-0.4, -0.2) is 64.3 Å². The molecular formula is C12H18N2O6. The number of carboxylic acids is 1. The second-order valence-corrected chi connectivity index (χ2v) is 4.52. The Labute approximate surface area is 115 Å². The SMILES string of the molecule is C=CCOC(=O)CC(N)C(=O)N1C[C@H](O)C[C@H]1C(=O)O. The second kappa shape index (κ2) is 7.01. The third-order valence-corrected chi connectivity index (χ3v) is 2.91. The van der Waals surface area contributed by atoms with Gasteiger partial charge in [-0.15, -0.1) is 0 Å². The first-order chi connectivity index (χ1) is 9.36. The highest BCUT2D eigenvalue weighted by Gasteiger charge is 2.40. The Morgan fingerprint density at radius 3 is 2.70 bits per heavy atom. The van der Waals surface area contributed by atoms with Crippen molar-refractivity contribution in [3.05, 3.63) is 12.7 Å². The van der Waals surface area contributed by atoms with Gasteiger partial charge in [-0.1, -0.05) is 12.7 Å². The Morgan fingerprint density at radius 2 is 2.15 bits per heavy atom. The number of aliphatic hydroxyl groups excluding tert-OH is 1. The van der Waals surface area contributed by atoms with Crippen molar-refractivity contribution in [3.8, 4) is 0 Å². The molecule has 8 heteroatoms. The maximum atomic E-state index is 12.0. The first-order valence-electron chi connectivity index (χ1n) is 6.10. The lowest BCUT2D eigenvalue weighted by Gasteiger charge is -2.24. The topological polar surface area (TPSA) is 130 Å². The Morgan fingerprint density at radius 1 is 1.50 bits per heavy atom. The zero-order valence-electron chi connectivity index (χ0n) is 10.9. The lowest BCUT2D eigenvalue weighted by atomic mass is 10.1. The average Bonchev–Trinajstić information content (AvgIpc) is 2.77. The van der Waals surface area contributed by atoms with E-state index in [0.29, 0.717) is 0 Å². The van der Waals surface area contributed by atoms with E-state index < -0.39 is 36.0 Å². The maximum Gasteiger partial charge on any atom is 0.326 e. The Hall–Kier alpha value is -1.93. The molecule has 0 aliphatic carbocycles. The van der Waals surface area contributed by atoms with Gasteiger partial charge in [0.2, 0.25) is 5.91 Å². The third-order valence-electron chi connectivity index (χ3n) is 2.91. The van der Waals surface area contributed by atoms with E-state index in [9.17, 15) is 19.5 Å². The largest absolute Gasteiger partial charge is 0.480 e. The normalized spacial score (nSPS) is 23.2. The number of nitrogens with two attached hydrogens (primary N) is 1. The highest BCUT2D eigenvalue weighted by molar-refractivity contribution is 5.90. The fraction of sp³-hybridized carbons (Fsp3) is 0.583. The van der Waals surface area contributed by atoms with Gasteiger partial charge in [-0.25, -0.2) is 4.79 Å². The molecular weight excluding hydrogens is 268 g/mol. The molecule has 8 nitrogen and oxygen atoms in total. The van der Waals surface area contributed by atoms with Gasteiger partial charge in [0.05, 0.1) is 18.6 Å². The number of aliphatic hydroxyl groups is 1. The Balaban J connectivity index is 2.61. The number of esters is 1. The van der Waals surface area contributed by atoms with Crippen molar-refractivity contribution in [2.75, 3.05) is 13.2 Å². The van der Waals surface area contributed by atoms with Crippen molar-refractivity contribution in [3.63, 3.8) is 0 Å². The first kappa shape index (κ1) is 16.1. The van der Waals surface area contributed by atoms with Crippen LogP contribution < -0.4 is 5.73 Å². The minimum Gasteiger partial charge on any atom is -0.480 e. The van der Waals surface area contributed by atoms with Gasteiger partial charge in [-0.2, -0.15) is 0 Å². The molecule has 0 aromatic carbocycles. The van der Waals surface area contributed by atoms with Gasteiger partial charge in [0.1, 0.15) is 12.6 Å². The van der Waals surface area contributed by atoms with Crippen LogP contribution in [0.2, 0.25) is 0 Å². The average molecular weight is 286 g/mol. The summed E-state index contributed by atoms with van der Waals surface area (Å²) in [5, 5.41) is 18.4. The molecule has 1 fully saturated rings. The molecule has 4 N–H and O–H groups in total. The van der Waals surface area contributed by atoms with Gasteiger partial charge in [0.15, 0.2) is 0 Å². The van der Waals surface area contributed by atoms with Gasteiger partial charge in [0.25, 0.3) is 0 Å². The van der Waals surface area contributed by atoms with Gasteiger partial charge >= 0.3 is 11.9 Å². The van der Waals surface area contributed by atoms with E-state index >= 15 is 0 Å². The van der Waals surface area contributed by atoms with Crippen LogP contribution in [0.5, 0.6) is 0 Å². The zero-order chi connectivity index (χ0) is 15.3. The minimum atomic E-state index is -1.21. The van der Waals surface area contributed by atoms with E-state index in [2.05, 4.69) is 6.58 Å². The van der Waals surface area contributed by atoms with E-state index in [-0.39, 0.29) is 26.0 Å². The highest BCUT2D eigenvalue weighted by atomic mass is 16.5. The number of hydrogen-bond donors (Lipinski definition) is 3. The zero-order valence-corrected chi connectivity index (χ0v) is 10.9. The molecule has 0 radical (unpaired) electrons. The molecule has 1 aliphatic rings. The summed E-state index contributed by atoms with van der Waals surface area (Å²) in [6.45, 7) is 3.28. The van der Waals surface area contributed by atoms with Crippen LogP contribution in [0.1, 0.15) is 12.8 Å². The van der Waals surface area contributed by atoms with Crippen LogP contribution >= 0.6 is 0 Å². The number of β-amino-alcohol motifs (C(OH)–C–C–N with tert-alkyl or cyclic N) is 1. The number of aliphatic carboxylic acids is 1. The van der Waals surface area contributed by atoms with Crippen LogP contribution in [0.25, 0.3) is 0 Å². The predicted octanol–water partition coefficient (Wildman–Crippen LogP) is -1.52. The maximum absolute atomic E-state index is 12.0. The molecule has 1 rings (SSSR count). The number of ether oxygens (including phenoxy) is 1. The predicted molar refractivity (Wildman–Crippen MR) is 67.5 cm³/mol. The molecule has 0 spiro atoms. The smallest absolute Gasteiger partial charge is 0.326 e. The fourth-order valence-corrected chi connectivity index (χ4v) is 1.98. The molecule has 20 heavy (non-hydrogen) atoms. The number of carbonyl (C=O) groups is 3. The highest BCUT2D eigenvalue weighted by Crippen LogP contribution is 2.19. The quantitative estimate of drug-likeness (QED) is 0.399. The van der Waals surface area contributed by atoms with Gasteiger partial charge in [-0.3, -0.25) is 9.59 Å². The van der Waals surface area contributed by atoms with E-state index in [1.165, 1.54) is 6.08 Å². The van der Waals surface area contributed by atoms with E-state index in [1.54, 1.807) is 0 Å². The van der Waals surface area contributed by atoms with Crippen LogP contribution in [0.3, 0.4) is 0 Å². The minimum absolute atomic E-state index is 0.0138. The summed E-state index contributed by atoms with van der Waals surface area (Å²) in [4.78, 5) is 35.3. The van der Waals surface area contributed by atoms with Crippen LogP contribution in [0, 0.1) is 0 Å². The third kappa shape index (κ3) is 4.04. The summed E-state index contributed by atoms with van der Waals surface area (Å²) in [7, 11) is 0. The number of hydrogen-bond acceptors (Lipinski definition) is 6. The Kier molecular flexibility index (Phi) is 5.66. The molecule has 112 valence electrons. The van der Waals surface area contributed by atoms with Gasteiger partial charge in [0, 0.05) is 13.0 Å². The summed E-state index contributed by atoms with van der Waals surface area (Å²) in [6.07, 6.45) is 0.0722. The summed E-state index contributed by atoms with van der Waals surface area (Å²) in [5.41, 5.74) is 5.59. The second-order valence-electron chi connectivity index (χ2n) is 4.52. The van der Waals surface area contributed by atoms with Crippen LogP contribution in [0.15, 0.2) is 12.7 Å². The van der Waals surface area contributed by atoms with Crippen LogP contribution in [-0.2, 0) is 19.1 Å². The van der Waals surface area contributed by atoms with Crippen molar-refractivity contribution < 1.29 is 29.3 Å². The van der Waals surface area contributed by atoms with Crippen LogP contribution in [0.4, 0.5) is 0 Å². The lowest BCUT2D eigenvalue weighted by Crippen LogP contribution is -2.49. The summed E-state index contributed by atoms with van der Waals surface area (Å²) in [5.74, 6) is -2.57. The molecule has 3 atom stereocenters. The van der Waals surface area contributed by atoms with Crippen molar-refractivity contribution in [2.24, 2.45) is 5.73 Å². The molecule has 1 aliphatic heterocycles. The number of likely N-dealkylation sites (tertiary alicyclic amines) is 1. The van der Waals surface area contributed by atoms with E-state index in [1.807, 2.05) is 0 Å². The van der Waals surface area contributed by atoms with Crippen molar-refractivity contribution in [1.82, 2.24) is 4.90 Å². The number of rotatable bonds is 6. The van der Waals surface area contributed by atoms with Crippen molar-refractivity contribution in [2.45, 2.75) is 31.0 Å². The molecule has 0 saturated carbocycles. The Bertz CT molecular complexity index is 411. The molecule has 1 amide bonds. The standard InChI is InChI=1S/C12H18N2O6/c1-2-3-20-10(16)5-8(13)11(17)14-6-7(15)4-9(14)12(18)19/h2,7-9,15H,1,3-6,13H2,(H,18,19)/t7-,8?,9+/m1/s1. The van der Waals surface area contributed by atoms with E-state index in [0.717, 1.165) is 4.90 Å². The van der Waals surface area contributed by atoms with Gasteiger partial charge in [-0.05, 0) is 0 Å². The molecule has 1 unspecified atom stereocenters. The number of carboxylic acid groups (broad SMARTS) is 1. The number of amides is 1. The lowest BCUT2D eigenvalue weighted by molar-refractivity contribution is -0.150. The first-order valence-corrected chi connectivity index (χ1v) is 6.10.